The van der Waals surface area contributed by atoms with Crippen molar-refractivity contribution in [3.8, 4) is 0 Å². The van der Waals surface area contributed by atoms with E-state index in [1.165, 1.54) is 12.1 Å². The van der Waals surface area contributed by atoms with Crippen molar-refractivity contribution >= 4 is 23.1 Å². The first-order chi connectivity index (χ1) is 16.0. The molecule has 0 radical (unpaired) electrons. The Labute approximate surface area is 190 Å². The number of carbonyl (C=O) groups is 2. The second kappa shape index (κ2) is 9.86. The predicted octanol–water partition coefficient (Wildman–Crippen LogP) is 4.60. The van der Waals surface area contributed by atoms with Gasteiger partial charge in [-0.15, -0.1) is 0 Å². The van der Waals surface area contributed by atoms with Crippen molar-refractivity contribution in [1.82, 2.24) is 9.55 Å². The molecule has 0 aliphatic heterocycles. The Balaban J connectivity index is 1.56. The Kier molecular flexibility index (Phi) is 6.54. The summed E-state index contributed by atoms with van der Waals surface area (Å²) in [5.74, 6) is -0.297. The van der Waals surface area contributed by atoms with Gasteiger partial charge in [0.25, 0.3) is 5.69 Å². The SMILES string of the molecule is O=C1C=CC(CCC(=O)Nc2ccc(C(c3ccccc3)n3ccnc3)cc2[N+](=O)[O-])=CC1. The number of allylic oxidation sites excluding steroid dienone is 4. The van der Waals surface area contributed by atoms with E-state index in [2.05, 4.69) is 10.3 Å². The van der Waals surface area contributed by atoms with Crippen LogP contribution in [-0.4, -0.2) is 26.2 Å². The Morgan fingerprint density at radius 1 is 1.15 bits per heavy atom. The van der Waals surface area contributed by atoms with Gasteiger partial charge in [-0.05, 0) is 29.7 Å². The summed E-state index contributed by atoms with van der Waals surface area (Å²) in [5, 5.41) is 14.5. The average Bonchev–Trinajstić information content (AvgIpc) is 3.35. The molecule has 1 N–H and O–H groups in total. The van der Waals surface area contributed by atoms with E-state index in [1.54, 1.807) is 43.0 Å². The van der Waals surface area contributed by atoms with Gasteiger partial charge in [0.15, 0.2) is 5.78 Å². The van der Waals surface area contributed by atoms with Crippen molar-refractivity contribution in [2.24, 2.45) is 0 Å². The minimum Gasteiger partial charge on any atom is -0.326 e. The number of aromatic nitrogens is 2. The second-order valence-electron chi connectivity index (χ2n) is 7.69. The molecule has 4 rings (SSSR count). The van der Waals surface area contributed by atoms with E-state index in [1.807, 2.05) is 34.9 Å². The highest BCUT2D eigenvalue weighted by Gasteiger charge is 2.22. The molecule has 1 amide bonds. The van der Waals surface area contributed by atoms with E-state index in [0.29, 0.717) is 18.4 Å². The van der Waals surface area contributed by atoms with Crippen molar-refractivity contribution in [3.05, 3.63) is 112 Å². The van der Waals surface area contributed by atoms with Gasteiger partial charge in [0.05, 0.1) is 17.3 Å². The summed E-state index contributed by atoms with van der Waals surface area (Å²) in [6.45, 7) is 0. The van der Waals surface area contributed by atoms with E-state index in [9.17, 15) is 19.7 Å². The second-order valence-corrected chi connectivity index (χ2v) is 7.69. The number of amides is 1. The molecule has 1 aliphatic rings. The standard InChI is InChI=1S/C25H22N4O4/c30-21-10-6-18(7-11-21)8-13-24(31)27-22-12-9-20(16-23(22)29(32)33)25(28-15-14-26-17-28)19-4-2-1-3-5-19/h1-7,9-10,12,14-17,25H,8,11,13H2,(H,27,31). The number of nitro groups is 1. The Hall–Kier alpha value is -4.33. The molecule has 8 nitrogen and oxygen atoms in total. The normalized spacial score (nSPS) is 13.9. The lowest BCUT2D eigenvalue weighted by Gasteiger charge is -2.20. The third-order valence-electron chi connectivity index (χ3n) is 5.44. The van der Waals surface area contributed by atoms with Crippen LogP contribution in [0.15, 0.2) is 91.1 Å². The fourth-order valence-corrected chi connectivity index (χ4v) is 3.79. The molecular formula is C25H22N4O4. The molecule has 0 fully saturated rings. The fraction of sp³-hybridized carbons (Fsp3) is 0.160. The van der Waals surface area contributed by atoms with E-state index >= 15 is 0 Å². The first kappa shape index (κ1) is 21.9. The molecule has 0 saturated heterocycles. The van der Waals surface area contributed by atoms with Crippen molar-refractivity contribution in [3.63, 3.8) is 0 Å². The highest BCUT2D eigenvalue weighted by atomic mass is 16.6. The monoisotopic (exact) mass is 442 g/mol. The van der Waals surface area contributed by atoms with Gasteiger partial charge in [0.2, 0.25) is 5.91 Å². The number of anilines is 1. The molecule has 8 heteroatoms. The number of imidazole rings is 1. The van der Waals surface area contributed by atoms with Gasteiger partial charge in [-0.1, -0.05) is 54.1 Å². The maximum atomic E-state index is 12.5. The number of hydrogen-bond acceptors (Lipinski definition) is 5. The van der Waals surface area contributed by atoms with Crippen LogP contribution >= 0.6 is 0 Å². The predicted molar refractivity (Wildman–Crippen MR) is 124 cm³/mol. The molecule has 1 heterocycles. The van der Waals surface area contributed by atoms with Crippen LogP contribution in [0.3, 0.4) is 0 Å². The van der Waals surface area contributed by atoms with Gasteiger partial charge in [-0.2, -0.15) is 0 Å². The molecule has 0 bridgehead atoms. The molecule has 1 aromatic heterocycles. The first-order valence-corrected chi connectivity index (χ1v) is 10.5. The lowest BCUT2D eigenvalue weighted by atomic mass is 9.97. The van der Waals surface area contributed by atoms with Crippen LogP contribution in [-0.2, 0) is 9.59 Å². The van der Waals surface area contributed by atoms with Crippen LogP contribution in [0.5, 0.6) is 0 Å². The van der Waals surface area contributed by atoms with Crippen LogP contribution in [0, 0.1) is 10.1 Å². The first-order valence-electron chi connectivity index (χ1n) is 10.5. The van der Waals surface area contributed by atoms with Crippen molar-refractivity contribution in [1.29, 1.82) is 0 Å². The number of nitrogens with one attached hydrogen (secondary N) is 1. The van der Waals surface area contributed by atoms with Crippen molar-refractivity contribution in [2.75, 3.05) is 5.32 Å². The molecule has 1 unspecified atom stereocenters. The third kappa shape index (κ3) is 5.30. The highest BCUT2D eigenvalue weighted by Crippen LogP contribution is 2.33. The summed E-state index contributed by atoms with van der Waals surface area (Å²) < 4.78 is 1.88. The van der Waals surface area contributed by atoms with Gasteiger partial charge in [-0.3, -0.25) is 19.7 Å². The number of rotatable bonds is 8. The molecule has 166 valence electrons. The minimum atomic E-state index is -0.493. The van der Waals surface area contributed by atoms with Gasteiger partial charge in [-0.25, -0.2) is 4.98 Å². The molecule has 2 aromatic carbocycles. The number of nitrogens with zero attached hydrogens (tertiary/aromatic N) is 3. The van der Waals surface area contributed by atoms with Crippen LogP contribution in [0.2, 0.25) is 0 Å². The zero-order valence-corrected chi connectivity index (χ0v) is 17.8. The minimum absolute atomic E-state index is 0.0309. The van der Waals surface area contributed by atoms with E-state index in [-0.39, 0.29) is 35.5 Å². The van der Waals surface area contributed by atoms with Crippen LogP contribution < -0.4 is 5.32 Å². The number of nitro benzene ring substituents is 1. The average molecular weight is 442 g/mol. The number of carbonyl (C=O) groups excluding carboxylic acids is 2. The van der Waals surface area contributed by atoms with Gasteiger partial charge in [0, 0.05) is 31.3 Å². The lowest BCUT2D eigenvalue weighted by Crippen LogP contribution is -2.14. The Morgan fingerprint density at radius 3 is 2.64 bits per heavy atom. The topological polar surface area (TPSA) is 107 Å². The highest BCUT2D eigenvalue weighted by molar-refractivity contribution is 5.94. The van der Waals surface area contributed by atoms with Crippen molar-refractivity contribution in [2.45, 2.75) is 25.3 Å². The molecule has 3 aromatic rings. The summed E-state index contributed by atoms with van der Waals surface area (Å²) in [6, 6.07) is 14.2. The van der Waals surface area contributed by atoms with Crippen LogP contribution in [0.4, 0.5) is 11.4 Å². The fourth-order valence-electron chi connectivity index (χ4n) is 3.79. The summed E-state index contributed by atoms with van der Waals surface area (Å²) in [4.78, 5) is 39.2. The quantitative estimate of drug-likeness (QED) is 0.405. The maximum absolute atomic E-state index is 12.5. The summed E-state index contributed by atoms with van der Waals surface area (Å²) in [7, 11) is 0. The van der Waals surface area contributed by atoms with Crippen LogP contribution in [0.1, 0.15) is 36.4 Å². The lowest BCUT2D eigenvalue weighted by molar-refractivity contribution is -0.384. The van der Waals surface area contributed by atoms with Gasteiger partial charge >= 0.3 is 0 Å². The number of hydrogen-bond donors (Lipinski definition) is 1. The van der Waals surface area contributed by atoms with E-state index < -0.39 is 4.92 Å². The van der Waals surface area contributed by atoms with Crippen molar-refractivity contribution < 1.29 is 14.5 Å². The molecular weight excluding hydrogens is 420 g/mol. The zero-order valence-electron chi connectivity index (χ0n) is 17.8. The van der Waals surface area contributed by atoms with E-state index in [4.69, 9.17) is 0 Å². The van der Waals surface area contributed by atoms with Gasteiger partial charge < -0.3 is 9.88 Å². The number of ketones is 1. The van der Waals surface area contributed by atoms with E-state index in [0.717, 1.165) is 11.1 Å². The summed E-state index contributed by atoms with van der Waals surface area (Å²) in [6.07, 6.45) is 11.1. The smallest absolute Gasteiger partial charge is 0.293 e. The summed E-state index contributed by atoms with van der Waals surface area (Å²) >= 11 is 0. The molecule has 0 spiro atoms. The Morgan fingerprint density at radius 2 is 1.97 bits per heavy atom. The third-order valence-corrected chi connectivity index (χ3v) is 5.44. The largest absolute Gasteiger partial charge is 0.326 e. The zero-order chi connectivity index (χ0) is 23.2. The molecule has 33 heavy (non-hydrogen) atoms. The Bertz CT molecular complexity index is 1230. The molecule has 1 aliphatic carbocycles. The van der Waals surface area contributed by atoms with Gasteiger partial charge in [0.1, 0.15) is 5.69 Å². The maximum Gasteiger partial charge on any atom is 0.293 e. The molecule has 1 atom stereocenters. The summed E-state index contributed by atoms with van der Waals surface area (Å²) in [5.41, 5.74) is 2.53. The molecule has 0 saturated carbocycles. The number of benzene rings is 2. The van der Waals surface area contributed by atoms with Crippen LogP contribution in [0.25, 0.3) is 0 Å².